The fourth-order valence-electron chi connectivity index (χ4n) is 2.25. The predicted molar refractivity (Wildman–Crippen MR) is 78.5 cm³/mol. The number of alkyl halides is 6. The minimum atomic E-state index is -5.69. The van der Waals surface area contributed by atoms with Gasteiger partial charge in [-0.2, -0.15) is 26.3 Å². The second kappa shape index (κ2) is 7.90. The Morgan fingerprint density at radius 1 is 1.00 bits per heavy atom. The zero-order valence-corrected chi connectivity index (χ0v) is 13.3. The molecule has 0 aliphatic carbocycles. The van der Waals surface area contributed by atoms with Crippen molar-refractivity contribution in [3.8, 4) is 0 Å². The highest BCUT2D eigenvalue weighted by Crippen LogP contribution is 2.41. The molecule has 0 N–H and O–H groups in total. The van der Waals surface area contributed by atoms with Gasteiger partial charge < -0.3 is 4.90 Å². The minimum Gasteiger partial charge on any atom is -0.312 e. The maximum Gasteiger partial charge on any atom is 0.409 e. The Bertz CT molecular complexity index is 510. The minimum absolute atomic E-state index is 0.0183. The first-order chi connectivity index (χ1) is 10.9. The molecule has 0 unspecified atom stereocenters. The van der Waals surface area contributed by atoms with Crippen molar-refractivity contribution < 1.29 is 31.1 Å². The summed E-state index contributed by atoms with van der Waals surface area (Å²) in [6, 6.07) is 7.10. The van der Waals surface area contributed by atoms with Gasteiger partial charge in [-0.05, 0) is 30.9 Å². The Hall–Kier alpha value is -1.73. The van der Waals surface area contributed by atoms with Gasteiger partial charge in [0, 0.05) is 12.2 Å². The molecule has 136 valence electrons. The molecule has 0 saturated carbocycles. The Kier molecular flexibility index (Phi) is 6.68. The van der Waals surface area contributed by atoms with Crippen LogP contribution in [0.1, 0.15) is 26.7 Å². The first kappa shape index (κ1) is 20.3. The molecule has 1 aromatic carbocycles. The summed E-state index contributed by atoms with van der Waals surface area (Å²) in [4.78, 5) is 12.7. The number of halogens is 6. The topological polar surface area (TPSA) is 20.3 Å². The lowest BCUT2D eigenvalue weighted by Crippen LogP contribution is -2.50. The van der Waals surface area contributed by atoms with Crippen LogP contribution in [0.25, 0.3) is 0 Å². The van der Waals surface area contributed by atoms with Crippen LogP contribution >= 0.6 is 0 Å². The normalized spacial score (nSPS) is 12.8. The van der Waals surface area contributed by atoms with Gasteiger partial charge in [0.1, 0.15) is 0 Å². The number of hydrogen-bond acceptors (Lipinski definition) is 1. The summed E-state index contributed by atoms with van der Waals surface area (Å²) in [5, 5.41) is 0. The zero-order chi connectivity index (χ0) is 18.5. The third kappa shape index (κ3) is 5.72. The van der Waals surface area contributed by atoms with E-state index in [0.29, 0.717) is 17.7 Å². The number of carbonyl (C=O) groups is 1. The SMILES string of the molecule is CC(C)CCCN(C(=O)C(C(F)(F)F)C(F)(F)F)c1ccccc1. The summed E-state index contributed by atoms with van der Waals surface area (Å²) in [6.07, 6.45) is -10.5. The number of hydrogen-bond donors (Lipinski definition) is 0. The van der Waals surface area contributed by atoms with Crippen molar-refractivity contribution in [3.63, 3.8) is 0 Å². The molecule has 0 fully saturated rings. The molecule has 8 heteroatoms. The quantitative estimate of drug-likeness (QED) is 0.643. The van der Waals surface area contributed by atoms with Crippen LogP contribution < -0.4 is 4.90 Å². The largest absolute Gasteiger partial charge is 0.409 e. The molecule has 0 radical (unpaired) electrons. The highest BCUT2D eigenvalue weighted by Gasteiger charge is 2.62. The maximum atomic E-state index is 12.8. The molecular weight excluding hydrogens is 336 g/mol. The van der Waals surface area contributed by atoms with Crippen LogP contribution in [0.4, 0.5) is 32.0 Å². The predicted octanol–water partition coefficient (Wildman–Crippen LogP) is 5.20. The second-order valence-corrected chi connectivity index (χ2v) is 5.88. The molecule has 0 atom stereocenters. The third-order valence-electron chi connectivity index (χ3n) is 3.40. The van der Waals surface area contributed by atoms with Gasteiger partial charge in [0.25, 0.3) is 0 Å². The van der Waals surface area contributed by atoms with Gasteiger partial charge >= 0.3 is 12.4 Å². The number of carbonyl (C=O) groups excluding carboxylic acids is 1. The summed E-state index contributed by atoms with van der Waals surface area (Å²) < 4.78 is 77.0. The number of anilines is 1. The molecule has 0 spiro atoms. The Morgan fingerprint density at radius 3 is 1.92 bits per heavy atom. The number of rotatable bonds is 6. The van der Waals surface area contributed by atoms with Gasteiger partial charge in [-0.25, -0.2) is 0 Å². The van der Waals surface area contributed by atoms with E-state index in [9.17, 15) is 31.1 Å². The van der Waals surface area contributed by atoms with E-state index in [1.54, 1.807) is 6.07 Å². The summed E-state index contributed by atoms with van der Waals surface area (Å²) in [5.41, 5.74) is 0.0183. The first-order valence-corrected chi connectivity index (χ1v) is 7.44. The molecule has 0 aliphatic heterocycles. The second-order valence-electron chi connectivity index (χ2n) is 5.88. The molecule has 24 heavy (non-hydrogen) atoms. The van der Waals surface area contributed by atoms with Crippen molar-refractivity contribution in [3.05, 3.63) is 30.3 Å². The number of amides is 1. The van der Waals surface area contributed by atoms with E-state index in [0.717, 1.165) is 0 Å². The lowest BCUT2D eigenvalue weighted by Gasteiger charge is -2.30. The monoisotopic (exact) mass is 355 g/mol. The van der Waals surface area contributed by atoms with Crippen molar-refractivity contribution in [2.45, 2.75) is 39.0 Å². The van der Waals surface area contributed by atoms with Gasteiger partial charge in [0.05, 0.1) is 0 Å². The van der Waals surface area contributed by atoms with E-state index >= 15 is 0 Å². The summed E-state index contributed by atoms with van der Waals surface area (Å²) in [6.45, 7) is 3.55. The van der Waals surface area contributed by atoms with Crippen LogP contribution in [0.2, 0.25) is 0 Å². The van der Waals surface area contributed by atoms with E-state index in [2.05, 4.69) is 0 Å². The summed E-state index contributed by atoms with van der Waals surface area (Å²) in [7, 11) is 0. The summed E-state index contributed by atoms with van der Waals surface area (Å²) >= 11 is 0. The fourth-order valence-corrected chi connectivity index (χ4v) is 2.25. The Morgan fingerprint density at radius 2 is 1.50 bits per heavy atom. The molecule has 0 bridgehead atoms. The maximum absolute atomic E-state index is 12.8. The van der Waals surface area contributed by atoms with Crippen molar-refractivity contribution in [1.82, 2.24) is 0 Å². The highest BCUT2D eigenvalue weighted by atomic mass is 19.4. The molecule has 1 aromatic rings. The average molecular weight is 355 g/mol. The van der Waals surface area contributed by atoms with E-state index in [4.69, 9.17) is 0 Å². The van der Waals surface area contributed by atoms with E-state index < -0.39 is 24.2 Å². The lowest BCUT2D eigenvalue weighted by molar-refractivity contribution is -0.273. The molecule has 0 heterocycles. The Labute approximate surface area is 136 Å². The van der Waals surface area contributed by atoms with Crippen LogP contribution in [-0.4, -0.2) is 24.8 Å². The average Bonchev–Trinajstić information content (AvgIpc) is 2.40. The zero-order valence-electron chi connectivity index (χ0n) is 13.3. The molecule has 0 saturated heterocycles. The smallest absolute Gasteiger partial charge is 0.312 e. The van der Waals surface area contributed by atoms with Crippen molar-refractivity contribution in [2.75, 3.05) is 11.4 Å². The van der Waals surface area contributed by atoms with Gasteiger partial charge in [0.15, 0.2) is 0 Å². The molecule has 0 aliphatic rings. The van der Waals surface area contributed by atoms with Gasteiger partial charge in [0.2, 0.25) is 11.8 Å². The summed E-state index contributed by atoms with van der Waals surface area (Å²) in [5.74, 6) is -5.80. The molecular formula is C16H19F6NO. The number of benzene rings is 1. The van der Waals surface area contributed by atoms with E-state index in [-0.39, 0.29) is 18.2 Å². The fraction of sp³-hybridized carbons (Fsp3) is 0.562. The third-order valence-corrected chi connectivity index (χ3v) is 3.40. The molecule has 1 amide bonds. The standard InChI is InChI=1S/C16H19F6NO/c1-11(2)7-6-10-23(12-8-4-3-5-9-12)14(24)13(15(17,18)19)16(20,21)22/h3-5,8-9,11,13H,6-7,10H2,1-2H3. The van der Waals surface area contributed by atoms with Crippen LogP contribution in [0.5, 0.6) is 0 Å². The van der Waals surface area contributed by atoms with Gasteiger partial charge in [-0.1, -0.05) is 32.0 Å². The van der Waals surface area contributed by atoms with Crippen molar-refractivity contribution >= 4 is 11.6 Å². The number of nitrogens with zero attached hydrogens (tertiary/aromatic N) is 1. The molecule has 2 nitrogen and oxygen atoms in total. The van der Waals surface area contributed by atoms with Crippen LogP contribution in [-0.2, 0) is 4.79 Å². The van der Waals surface area contributed by atoms with E-state index in [1.807, 2.05) is 13.8 Å². The van der Waals surface area contributed by atoms with Crippen LogP contribution in [0.3, 0.4) is 0 Å². The lowest BCUT2D eigenvalue weighted by atomic mass is 10.0. The van der Waals surface area contributed by atoms with Crippen molar-refractivity contribution in [1.29, 1.82) is 0 Å². The first-order valence-electron chi connectivity index (χ1n) is 7.44. The van der Waals surface area contributed by atoms with Crippen LogP contribution in [0, 0.1) is 11.8 Å². The van der Waals surface area contributed by atoms with Crippen LogP contribution in [0.15, 0.2) is 30.3 Å². The van der Waals surface area contributed by atoms with Crippen molar-refractivity contribution in [2.24, 2.45) is 11.8 Å². The number of para-hydroxylation sites is 1. The molecule has 1 rings (SSSR count). The van der Waals surface area contributed by atoms with E-state index in [1.165, 1.54) is 24.3 Å². The molecule has 0 aromatic heterocycles. The van der Waals surface area contributed by atoms with Gasteiger partial charge in [-0.3, -0.25) is 4.79 Å². The highest BCUT2D eigenvalue weighted by molar-refractivity contribution is 5.96. The Balaban J connectivity index is 3.14. The van der Waals surface area contributed by atoms with Gasteiger partial charge in [-0.15, -0.1) is 0 Å².